The summed E-state index contributed by atoms with van der Waals surface area (Å²) in [6.45, 7) is 5.24. The van der Waals surface area contributed by atoms with Crippen molar-refractivity contribution < 1.29 is 9.90 Å². The molecular formula is C10H17N3O2S2. The molecule has 2 N–H and O–H groups in total. The van der Waals surface area contributed by atoms with Crippen LogP contribution in [0.5, 0.6) is 0 Å². The molecule has 0 spiro atoms. The number of nitrogens with one attached hydrogen (secondary N) is 1. The molecule has 0 saturated carbocycles. The number of anilines is 1. The van der Waals surface area contributed by atoms with Gasteiger partial charge in [0.15, 0.2) is 4.34 Å². The normalized spacial score (nSPS) is 10.8. The molecule has 0 aliphatic heterocycles. The standard InChI is InChI=1S/C10H17N3O2S2/c1-3-7(4-2)5-11-9-12-13-10(17-9)16-6-8(14)15/h7H,3-6H2,1-2H3,(H,11,12)(H,14,15). The Labute approximate surface area is 109 Å². The van der Waals surface area contributed by atoms with Gasteiger partial charge in [-0.1, -0.05) is 49.8 Å². The zero-order chi connectivity index (χ0) is 12.7. The van der Waals surface area contributed by atoms with E-state index in [2.05, 4.69) is 29.4 Å². The van der Waals surface area contributed by atoms with E-state index in [1.54, 1.807) is 0 Å². The number of thioether (sulfide) groups is 1. The van der Waals surface area contributed by atoms with Crippen LogP contribution in [0.4, 0.5) is 5.13 Å². The summed E-state index contributed by atoms with van der Waals surface area (Å²) in [5.74, 6) is -0.160. The molecule has 0 bridgehead atoms. The molecule has 0 radical (unpaired) electrons. The molecule has 1 rings (SSSR count). The number of nitrogens with zero attached hydrogens (tertiary/aromatic N) is 2. The van der Waals surface area contributed by atoms with Gasteiger partial charge in [0, 0.05) is 6.54 Å². The van der Waals surface area contributed by atoms with Gasteiger partial charge in [0.2, 0.25) is 5.13 Å². The van der Waals surface area contributed by atoms with Crippen LogP contribution in [0, 0.1) is 5.92 Å². The fourth-order valence-electron chi connectivity index (χ4n) is 1.27. The molecule has 96 valence electrons. The lowest BCUT2D eigenvalue weighted by atomic mass is 10.0. The van der Waals surface area contributed by atoms with Crippen LogP contribution in [0.15, 0.2) is 4.34 Å². The fraction of sp³-hybridized carbons (Fsp3) is 0.700. The summed E-state index contributed by atoms with van der Waals surface area (Å²) in [5, 5.41) is 20.5. The maximum atomic E-state index is 10.4. The van der Waals surface area contributed by atoms with Crippen molar-refractivity contribution in [3.8, 4) is 0 Å². The summed E-state index contributed by atoms with van der Waals surface area (Å²) in [5.41, 5.74) is 0. The van der Waals surface area contributed by atoms with Crippen molar-refractivity contribution in [3.63, 3.8) is 0 Å². The van der Waals surface area contributed by atoms with Gasteiger partial charge >= 0.3 is 5.97 Å². The molecule has 0 aliphatic rings. The van der Waals surface area contributed by atoms with Gasteiger partial charge in [0.05, 0.1) is 5.75 Å². The van der Waals surface area contributed by atoms with Crippen molar-refractivity contribution in [2.45, 2.75) is 31.0 Å². The van der Waals surface area contributed by atoms with Crippen LogP contribution in [0.2, 0.25) is 0 Å². The zero-order valence-corrected chi connectivity index (χ0v) is 11.6. The van der Waals surface area contributed by atoms with Gasteiger partial charge in [-0.05, 0) is 5.92 Å². The lowest BCUT2D eigenvalue weighted by Crippen LogP contribution is -2.12. The first-order chi connectivity index (χ1) is 8.15. The quantitative estimate of drug-likeness (QED) is 0.710. The molecule has 1 heterocycles. The highest BCUT2D eigenvalue weighted by molar-refractivity contribution is 8.01. The summed E-state index contributed by atoms with van der Waals surface area (Å²) in [6.07, 6.45) is 2.28. The van der Waals surface area contributed by atoms with Gasteiger partial charge in [-0.3, -0.25) is 4.79 Å². The Kier molecular flexibility index (Phi) is 6.28. The highest BCUT2D eigenvalue weighted by Gasteiger charge is 2.08. The smallest absolute Gasteiger partial charge is 0.313 e. The lowest BCUT2D eigenvalue weighted by molar-refractivity contribution is -0.133. The van der Waals surface area contributed by atoms with E-state index in [1.807, 2.05) is 0 Å². The topological polar surface area (TPSA) is 75.1 Å². The third-order valence-corrected chi connectivity index (χ3v) is 4.42. The fourth-order valence-corrected chi connectivity index (χ4v) is 2.75. The molecule has 1 aromatic rings. The summed E-state index contributed by atoms with van der Waals surface area (Å²) in [6, 6.07) is 0. The molecule has 17 heavy (non-hydrogen) atoms. The predicted octanol–water partition coefficient (Wildman–Crippen LogP) is 2.56. The van der Waals surface area contributed by atoms with Crippen molar-refractivity contribution in [2.24, 2.45) is 5.92 Å². The van der Waals surface area contributed by atoms with Crippen molar-refractivity contribution in [1.82, 2.24) is 10.2 Å². The van der Waals surface area contributed by atoms with E-state index < -0.39 is 5.97 Å². The van der Waals surface area contributed by atoms with Crippen LogP contribution in [-0.4, -0.2) is 33.6 Å². The van der Waals surface area contributed by atoms with Crippen LogP contribution in [0.1, 0.15) is 26.7 Å². The molecule has 0 atom stereocenters. The predicted molar refractivity (Wildman–Crippen MR) is 70.8 cm³/mol. The largest absolute Gasteiger partial charge is 0.481 e. The molecule has 0 unspecified atom stereocenters. The van der Waals surface area contributed by atoms with Gasteiger partial charge in [-0.2, -0.15) is 0 Å². The maximum Gasteiger partial charge on any atom is 0.313 e. The first kappa shape index (κ1) is 14.2. The van der Waals surface area contributed by atoms with Crippen LogP contribution >= 0.6 is 23.1 Å². The van der Waals surface area contributed by atoms with E-state index in [1.165, 1.54) is 23.1 Å². The average molecular weight is 275 g/mol. The minimum Gasteiger partial charge on any atom is -0.481 e. The van der Waals surface area contributed by atoms with Gasteiger partial charge in [-0.15, -0.1) is 10.2 Å². The number of carbonyl (C=O) groups is 1. The van der Waals surface area contributed by atoms with Gasteiger partial charge in [0.25, 0.3) is 0 Å². The molecule has 0 fully saturated rings. The first-order valence-corrected chi connectivity index (χ1v) is 7.37. The van der Waals surface area contributed by atoms with Gasteiger partial charge in [0.1, 0.15) is 0 Å². The van der Waals surface area contributed by atoms with Crippen LogP contribution in [-0.2, 0) is 4.79 Å². The SMILES string of the molecule is CCC(CC)CNc1nnc(SCC(=O)O)s1. The Morgan fingerprint density at radius 1 is 1.47 bits per heavy atom. The number of rotatable bonds is 8. The van der Waals surface area contributed by atoms with Gasteiger partial charge < -0.3 is 10.4 Å². The minimum atomic E-state index is -0.836. The van der Waals surface area contributed by atoms with E-state index >= 15 is 0 Å². The van der Waals surface area contributed by atoms with Crippen LogP contribution in [0.25, 0.3) is 0 Å². The van der Waals surface area contributed by atoms with E-state index in [-0.39, 0.29) is 5.75 Å². The number of hydrogen-bond acceptors (Lipinski definition) is 6. The van der Waals surface area contributed by atoms with Crippen molar-refractivity contribution in [2.75, 3.05) is 17.6 Å². The number of aromatic nitrogens is 2. The molecule has 1 aromatic heterocycles. The van der Waals surface area contributed by atoms with Crippen molar-refractivity contribution in [1.29, 1.82) is 0 Å². The lowest BCUT2D eigenvalue weighted by Gasteiger charge is -2.11. The highest BCUT2D eigenvalue weighted by Crippen LogP contribution is 2.25. The maximum absolute atomic E-state index is 10.4. The molecule has 0 aromatic carbocycles. The number of aliphatic carboxylic acids is 1. The van der Waals surface area contributed by atoms with E-state index in [4.69, 9.17) is 5.11 Å². The van der Waals surface area contributed by atoms with Gasteiger partial charge in [-0.25, -0.2) is 0 Å². The monoisotopic (exact) mass is 275 g/mol. The summed E-state index contributed by atoms with van der Waals surface area (Å²) >= 11 is 2.60. The Morgan fingerprint density at radius 3 is 2.76 bits per heavy atom. The Morgan fingerprint density at radius 2 is 2.18 bits per heavy atom. The Hall–Kier alpha value is -0.820. The molecule has 0 amide bonds. The van der Waals surface area contributed by atoms with E-state index in [0.29, 0.717) is 10.3 Å². The molecule has 0 aliphatic carbocycles. The number of carboxylic acid groups (broad SMARTS) is 1. The molecule has 7 heteroatoms. The third-order valence-electron chi connectivity index (χ3n) is 2.42. The summed E-state index contributed by atoms with van der Waals surface area (Å²) in [4.78, 5) is 10.4. The van der Waals surface area contributed by atoms with E-state index in [0.717, 1.165) is 24.5 Å². The van der Waals surface area contributed by atoms with Crippen LogP contribution in [0.3, 0.4) is 0 Å². The zero-order valence-electron chi connectivity index (χ0n) is 9.97. The Bertz CT molecular complexity index is 353. The molecule has 5 nitrogen and oxygen atoms in total. The average Bonchev–Trinajstić information content (AvgIpc) is 2.76. The second kappa shape index (κ2) is 7.50. The second-order valence-corrected chi connectivity index (χ2v) is 5.82. The molecular weight excluding hydrogens is 258 g/mol. The summed E-state index contributed by atoms with van der Waals surface area (Å²) in [7, 11) is 0. The number of hydrogen-bond donors (Lipinski definition) is 2. The highest BCUT2D eigenvalue weighted by atomic mass is 32.2. The number of carboxylic acids is 1. The van der Waals surface area contributed by atoms with Crippen molar-refractivity contribution >= 4 is 34.2 Å². The Balaban J connectivity index is 2.37. The summed E-state index contributed by atoms with van der Waals surface area (Å²) < 4.78 is 0.694. The van der Waals surface area contributed by atoms with Crippen molar-refractivity contribution in [3.05, 3.63) is 0 Å². The minimum absolute atomic E-state index is 0.0289. The molecule has 0 saturated heterocycles. The third kappa shape index (κ3) is 5.36. The van der Waals surface area contributed by atoms with Crippen LogP contribution < -0.4 is 5.32 Å². The van der Waals surface area contributed by atoms with E-state index in [9.17, 15) is 4.79 Å². The second-order valence-electron chi connectivity index (χ2n) is 3.62. The first-order valence-electron chi connectivity index (χ1n) is 5.57.